The van der Waals surface area contributed by atoms with E-state index in [-0.39, 0.29) is 18.1 Å². The fourth-order valence-electron chi connectivity index (χ4n) is 4.30. The molecule has 0 aromatic heterocycles. The fraction of sp³-hybridized carbons (Fsp3) is 0.333. The minimum Gasteiger partial charge on any atom is -0.490 e. The number of nitrogens with zero attached hydrogens (tertiary/aromatic N) is 1. The number of benzene rings is 3. The molecule has 1 atom stereocenters. The Bertz CT molecular complexity index is 1280. The summed E-state index contributed by atoms with van der Waals surface area (Å²) in [5.41, 5.74) is 1.84. The predicted octanol–water partition coefficient (Wildman–Crippen LogP) is 5.30. The standard InChI is InChI=1S/C27H29NO6/c1-14(2)32-24-19-9-7-8-10-20(19)25(33-15(3)4)23-22(24)26(30)28(27(23)31)21-12-11-18(13-16(21)5)34-17(6)29/h7-15,26,30H,1-6H3. The first kappa shape index (κ1) is 23.6. The van der Waals surface area contributed by atoms with Crippen LogP contribution in [0.4, 0.5) is 5.69 Å². The Kier molecular flexibility index (Phi) is 6.23. The third-order valence-electron chi connectivity index (χ3n) is 5.49. The topological polar surface area (TPSA) is 85.3 Å². The lowest BCUT2D eigenvalue weighted by Gasteiger charge is -2.24. The molecule has 1 aliphatic heterocycles. The van der Waals surface area contributed by atoms with Gasteiger partial charge in [-0.15, -0.1) is 0 Å². The van der Waals surface area contributed by atoms with E-state index in [9.17, 15) is 14.7 Å². The quantitative estimate of drug-likeness (QED) is 0.394. The van der Waals surface area contributed by atoms with Gasteiger partial charge >= 0.3 is 5.97 Å². The number of amides is 1. The Morgan fingerprint density at radius 3 is 2.12 bits per heavy atom. The summed E-state index contributed by atoms with van der Waals surface area (Å²) in [6.07, 6.45) is -1.65. The number of aliphatic hydroxyl groups excluding tert-OH is 1. The molecule has 7 nitrogen and oxygen atoms in total. The summed E-state index contributed by atoms with van der Waals surface area (Å²) in [6.45, 7) is 10.7. The zero-order valence-corrected chi connectivity index (χ0v) is 20.2. The van der Waals surface area contributed by atoms with Gasteiger partial charge in [0.25, 0.3) is 5.91 Å². The zero-order chi connectivity index (χ0) is 24.7. The number of rotatable bonds is 6. The molecule has 1 unspecified atom stereocenters. The summed E-state index contributed by atoms with van der Waals surface area (Å²) in [6, 6.07) is 12.5. The van der Waals surface area contributed by atoms with Gasteiger partial charge in [-0.2, -0.15) is 0 Å². The smallest absolute Gasteiger partial charge is 0.308 e. The van der Waals surface area contributed by atoms with Crippen molar-refractivity contribution >= 4 is 28.3 Å². The molecule has 34 heavy (non-hydrogen) atoms. The van der Waals surface area contributed by atoms with Crippen molar-refractivity contribution in [1.82, 2.24) is 0 Å². The van der Waals surface area contributed by atoms with Gasteiger partial charge in [-0.1, -0.05) is 24.3 Å². The first-order chi connectivity index (χ1) is 16.1. The lowest BCUT2D eigenvalue weighted by atomic mass is 9.98. The van der Waals surface area contributed by atoms with Gasteiger partial charge in [0.2, 0.25) is 0 Å². The largest absolute Gasteiger partial charge is 0.490 e. The Hall–Kier alpha value is -3.58. The Labute approximate surface area is 198 Å². The lowest BCUT2D eigenvalue weighted by Crippen LogP contribution is -2.28. The maximum Gasteiger partial charge on any atom is 0.308 e. The maximum absolute atomic E-state index is 13.9. The molecule has 1 aliphatic rings. The van der Waals surface area contributed by atoms with Gasteiger partial charge in [0.15, 0.2) is 6.23 Å². The molecule has 7 heteroatoms. The Morgan fingerprint density at radius 1 is 0.971 bits per heavy atom. The Balaban J connectivity index is 1.95. The summed E-state index contributed by atoms with van der Waals surface area (Å²) in [4.78, 5) is 26.5. The summed E-state index contributed by atoms with van der Waals surface area (Å²) in [7, 11) is 0. The molecule has 3 aromatic carbocycles. The number of fused-ring (bicyclic) bond motifs is 2. The van der Waals surface area contributed by atoms with Gasteiger partial charge in [0.1, 0.15) is 17.2 Å². The van der Waals surface area contributed by atoms with Crippen LogP contribution in [0.1, 0.15) is 62.3 Å². The van der Waals surface area contributed by atoms with E-state index < -0.39 is 12.2 Å². The Morgan fingerprint density at radius 2 is 1.56 bits per heavy atom. The van der Waals surface area contributed by atoms with Crippen molar-refractivity contribution in [2.45, 2.75) is 60.0 Å². The predicted molar refractivity (Wildman–Crippen MR) is 130 cm³/mol. The van der Waals surface area contributed by atoms with E-state index in [4.69, 9.17) is 14.2 Å². The minimum atomic E-state index is -1.28. The number of carbonyl (C=O) groups excluding carboxylic acids is 2. The van der Waals surface area contributed by atoms with Crippen LogP contribution in [-0.4, -0.2) is 29.2 Å². The molecule has 0 bridgehead atoms. The van der Waals surface area contributed by atoms with Gasteiger partial charge in [-0.25, -0.2) is 0 Å². The van der Waals surface area contributed by atoms with Gasteiger partial charge in [0.05, 0.1) is 29.0 Å². The van der Waals surface area contributed by atoms with Crippen LogP contribution in [0.2, 0.25) is 0 Å². The number of anilines is 1. The number of esters is 1. The second-order valence-corrected chi connectivity index (χ2v) is 8.92. The normalized spacial score (nSPS) is 15.3. The minimum absolute atomic E-state index is 0.175. The third-order valence-corrected chi connectivity index (χ3v) is 5.49. The molecule has 0 aliphatic carbocycles. The van der Waals surface area contributed by atoms with Crippen molar-refractivity contribution in [1.29, 1.82) is 0 Å². The summed E-state index contributed by atoms with van der Waals surface area (Å²) in [5, 5.41) is 13.0. The number of hydrogen-bond acceptors (Lipinski definition) is 6. The molecule has 0 spiro atoms. The molecule has 0 saturated carbocycles. The van der Waals surface area contributed by atoms with E-state index in [0.29, 0.717) is 39.6 Å². The van der Waals surface area contributed by atoms with Gasteiger partial charge in [-0.05, 0) is 58.4 Å². The van der Waals surface area contributed by atoms with Crippen LogP contribution in [0.5, 0.6) is 17.2 Å². The van der Waals surface area contributed by atoms with Crippen LogP contribution >= 0.6 is 0 Å². The number of aryl methyl sites for hydroxylation is 1. The molecule has 1 heterocycles. The number of hydrogen-bond donors (Lipinski definition) is 1. The number of aliphatic hydroxyl groups is 1. The van der Waals surface area contributed by atoms with E-state index in [1.807, 2.05) is 52.0 Å². The molecule has 178 valence electrons. The van der Waals surface area contributed by atoms with E-state index >= 15 is 0 Å². The van der Waals surface area contributed by atoms with Gasteiger partial charge in [-0.3, -0.25) is 14.5 Å². The number of ether oxygens (including phenoxy) is 3. The van der Waals surface area contributed by atoms with Crippen molar-refractivity contribution in [3.8, 4) is 17.2 Å². The first-order valence-corrected chi connectivity index (χ1v) is 11.3. The molecule has 1 N–H and O–H groups in total. The van der Waals surface area contributed by atoms with Crippen molar-refractivity contribution in [3.05, 3.63) is 59.2 Å². The second-order valence-electron chi connectivity index (χ2n) is 8.92. The summed E-state index contributed by atoms with van der Waals surface area (Å²) >= 11 is 0. The molecule has 0 saturated heterocycles. The fourth-order valence-corrected chi connectivity index (χ4v) is 4.30. The average Bonchev–Trinajstić information content (AvgIpc) is 3.00. The van der Waals surface area contributed by atoms with Crippen molar-refractivity contribution < 1.29 is 28.9 Å². The lowest BCUT2D eigenvalue weighted by molar-refractivity contribution is -0.131. The zero-order valence-electron chi connectivity index (χ0n) is 20.2. The van der Waals surface area contributed by atoms with E-state index in [1.54, 1.807) is 25.1 Å². The van der Waals surface area contributed by atoms with Crippen LogP contribution in [0, 0.1) is 6.92 Å². The summed E-state index contributed by atoms with van der Waals surface area (Å²) < 4.78 is 17.5. The summed E-state index contributed by atoms with van der Waals surface area (Å²) in [5.74, 6) is 0.438. The van der Waals surface area contributed by atoms with Crippen molar-refractivity contribution in [2.75, 3.05) is 4.90 Å². The first-order valence-electron chi connectivity index (χ1n) is 11.3. The second kappa shape index (κ2) is 8.99. The van der Waals surface area contributed by atoms with Crippen molar-refractivity contribution in [3.63, 3.8) is 0 Å². The van der Waals surface area contributed by atoms with Gasteiger partial charge in [0, 0.05) is 17.7 Å². The van der Waals surface area contributed by atoms with Crippen LogP contribution in [-0.2, 0) is 4.79 Å². The van der Waals surface area contributed by atoms with Crippen LogP contribution in [0.15, 0.2) is 42.5 Å². The molecule has 4 rings (SSSR count). The highest BCUT2D eigenvalue weighted by Gasteiger charge is 2.44. The average molecular weight is 464 g/mol. The molecule has 3 aromatic rings. The SMILES string of the molecule is CC(=O)Oc1ccc(N2C(=O)c3c(c(OC(C)C)c4ccccc4c3OC(C)C)C2O)c(C)c1. The molecular formula is C27H29NO6. The van der Waals surface area contributed by atoms with Crippen molar-refractivity contribution in [2.24, 2.45) is 0 Å². The van der Waals surface area contributed by atoms with Gasteiger partial charge < -0.3 is 19.3 Å². The van der Waals surface area contributed by atoms with Crippen LogP contribution < -0.4 is 19.1 Å². The maximum atomic E-state index is 13.9. The number of carbonyl (C=O) groups is 2. The molecule has 0 radical (unpaired) electrons. The van der Waals surface area contributed by atoms with Crippen LogP contribution in [0.25, 0.3) is 10.8 Å². The highest BCUT2D eigenvalue weighted by molar-refractivity contribution is 6.17. The third kappa shape index (κ3) is 4.07. The van der Waals surface area contributed by atoms with E-state index in [1.165, 1.54) is 11.8 Å². The van der Waals surface area contributed by atoms with Crippen LogP contribution in [0.3, 0.4) is 0 Å². The highest BCUT2D eigenvalue weighted by Crippen LogP contribution is 2.51. The van der Waals surface area contributed by atoms with E-state index in [0.717, 1.165) is 10.8 Å². The highest BCUT2D eigenvalue weighted by atomic mass is 16.5. The van der Waals surface area contributed by atoms with E-state index in [2.05, 4.69) is 0 Å². The molecule has 0 fully saturated rings. The molecule has 1 amide bonds. The molecular weight excluding hydrogens is 434 g/mol. The monoisotopic (exact) mass is 463 g/mol.